The molecular weight excluding hydrogens is 409 g/mol. The van der Waals surface area contributed by atoms with Gasteiger partial charge >= 0.3 is 0 Å². The molecule has 2 heterocycles. The average Bonchev–Trinajstić information content (AvgIpc) is 3.43. The average molecular weight is 434 g/mol. The van der Waals surface area contributed by atoms with E-state index in [4.69, 9.17) is 11.6 Å². The van der Waals surface area contributed by atoms with E-state index in [-0.39, 0.29) is 40.9 Å². The zero-order valence-electron chi connectivity index (χ0n) is 16.7. The van der Waals surface area contributed by atoms with Crippen molar-refractivity contribution in [2.24, 2.45) is 0 Å². The van der Waals surface area contributed by atoms with E-state index < -0.39 is 5.82 Å². The number of rotatable bonds is 5. The predicted octanol–water partition coefficient (Wildman–Crippen LogP) is 3.15. The minimum Gasteiger partial charge on any atom is -0.348 e. The molecule has 0 atom stereocenters. The fourth-order valence-corrected chi connectivity index (χ4v) is 4.46. The van der Waals surface area contributed by atoms with Crippen LogP contribution in [0.3, 0.4) is 0 Å². The first-order valence-electron chi connectivity index (χ1n) is 10.4. The fourth-order valence-electron chi connectivity index (χ4n) is 4.23. The van der Waals surface area contributed by atoms with E-state index in [1.807, 2.05) is 0 Å². The van der Waals surface area contributed by atoms with Gasteiger partial charge in [-0.05, 0) is 37.8 Å². The van der Waals surface area contributed by atoms with Crippen molar-refractivity contribution in [1.29, 1.82) is 0 Å². The van der Waals surface area contributed by atoms with Gasteiger partial charge in [0, 0.05) is 29.7 Å². The first-order chi connectivity index (χ1) is 14.5. The summed E-state index contributed by atoms with van der Waals surface area (Å²) in [4.78, 5) is 26.7. The van der Waals surface area contributed by atoms with Gasteiger partial charge in [0.2, 0.25) is 5.91 Å². The number of amides is 2. The number of carbonyl (C=O) groups is 2. The molecule has 2 fully saturated rings. The molecule has 0 radical (unpaired) electrons. The van der Waals surface area contributed by atoms with Crippen LogP contribution in [-0.2, 0) is 11.2 Å². The van der Waals surface area contributed by atoms with Crippen molar-refractivity contribution in [2.45, 2.75) is 57.0 Å². The molecular formula is C21H25ClFN5O2. The van der Waals surface area contributed by atoms with Gasteiger partial charge in [-0.2, -0.15) is 0 Å². The van der Waals surface area contributed by atoms with E-state index in [2.05, 4.69) is 15.6 Å². The molecule has 7 nitrogen and oxygen atoms in total. The molecule has 2 aliphatic rings. The molecule has 2 aromatic rings. The van der Waals surface area contributed by atoms with Crippen LogP contribution in [0.1, 0.15) is 60.6 Å². The monoisotopic (exact) mass is 433 g/mol. The normalized spacial score (nSPS) is 18.0. The molecule has 1 aromatic carbocycles. The summed E-state index contributed by atoms with van der Waals surface area (Å²) >= 11 is 6.04. The van der Waals surface area contributed by atoms with Gasteiger partial charge in [0.25, 0.3) is 5.91 Å². The summed E-state index contributed by atoms with van der Waals surface area (Å²) in [5.41, 5.74) is 0.565. The Kier molecular flexibility index (Phi) is 6.32. The van der Waals surface area contributed by atoms with Crippen LogP contribution in [0.25, 0.3) is 0 Å². The van der Waals surface area contributed by atoms with E-state index in [1.54, 1.807) is 21.8 Å². The molecule has 2 amide bonds. The van der Waals surface area contributed by atoms with Crippen molar-refractivity contribution in [2.75, 3.05) is 13.1 Å². The molecule has 1 aromatic heterocycles. The maximum Gasteiger partial charge on any atom is 0.273 e. The summed E-state index contributed by atoms with van der Waals surface area (Å²) in [6.07, 6.45) is 7.37. The Balaban J connectivity index is 1.30. The third kappa shape index (κ3) is 4.64. The summed E-state index contributed by atoms with van der Waals surface area (Å²) in [7, 11) is 0. The molecule has 1 saturated carbocycles. The van der Waals surface area contributed by atoms with Crippen LogP contribution < -0.4 is 5.32 Å². The quantitative estimate of drug-likeness (QED) is 0.785. The predicted molar refractivity (Wildman–Crippen MR) is 110 cm³/mol. The van der Waals surface area contributed by atoms with Gasteiger partial charge in [0.15, 0.2) is 5.69 Å². The number of halogens is 2. The highest BCUT2D eigenvalue weighted by Crippen LogP contribution is 2.25. The lowest BCUT2D eigenvalue weighted by Gasteiger charge is -2.32. The SMILES string of the molecule is O=C(NC1CCCC1)c1cn(C2CCN(C(=O)Cc3c(F)cccc3Cl)CC2)nn1. The lowest BCUT2D eigenvalue weighted by molar-refractivity contribution is -0.131. The Morgan fingerprint density at radius 1 is 1.17 bits per heavy atom. The zero-order chi connectivity index (χ0) is 21.1. The maximum absolute atomic E-state index is 14.0. The number of piperidine rings is 1. The molecule has 4 rings (SSSR count). The van der Waals surface area contributed by atoms with Crippen LogP contribution in [0.4, 0.5) is 4.39 Å². The highest BCUT2D eigenvalue weighted by molar-refractivity contribution is 6.31. The first-order valence-corrected chi connectivity index (χ1v) is 10.8. The second-order valence-corrected chi connectivity index (χ2v) is 8.43. The van der Waals surface area contributed by atoms with E-state index in [0.717, 1.165) is 25.7 Å². The van der Waals surface area contributed by atoms with Crippen LogP contribution in [0.15, 0.2) is 24.4 Å². The Morgan fingerprint density at radius 3 is 2.60 bits per heavy atom. The van der Waals surface area contributed by atoms with Gasteiger partial charge in [-0.1, -0.05) is 35.7 Å². The summed E-state index contributed by atoms with van der Waals surface area (Å²) in [5.74, 6) is -0.782. The lowest BCUT2D eigenvalue weighted by atomic mass is 10.0. The van der Waals surface area contributed by atoms with Gasteiger partial charge in [0.05, 0.1) is 18.7 Å². The van der Waals surface area contributed by atoms with Crippen LogP contribution >= 0.6 is 11.6 Å². The third-order valence-electron chi connectivity index (χ3n) is 6.01. The molecule has 1 aliphatic heterocycles. The van der Waals surface area contributed by atoms with Crippen molar-refractivity contribution >= 4 is 23.4 Å². The topological polar surface area (TPSA) is 80.1 Å². The van der Waals surface area contributed by atoms with Gasteiger partial charge in [-0.25, -0.2) is 9.07 Å². The molecule has 1 saturated heterocycles. The zero-order valence-corrected chi connectivity index (χ0v) is 17.4. The third-order valence-corrected chi connectivity index (χ3v) is 6.37. The number of likely N-dealkylation sites (tertiary alicyclic amines) is 1. The smallest absolute Gasteiger partial charge is 0.273 e. The number of hydrogen-bond donors (Lipinski definition) is 1. The van der Waals surface area contributed by atoms with Gasteiger partial charge in [0.1, 0.15) is 5.82 Å². The Labute approximate surface area is 179 Å². The summed E-state index contributed by atoms with van der Waals surface area (Å²) in [5, 5.41) is 11.4. The van der Waals surface area contributed by atoms with Crippen molar-refractivity contribution in [3.05, 3.63) is 46.5 Å². The number of nitrogens with one attached hydrogen (secondary N) is 1. The van der Waals surface area contributed by atoms with Crippen LogP contribution in [-0.4, -0.2) is 50.8 Å². The molecule has 0 spiro atoms. The van der Waals surface area contributed by atoms with E-state index in [1.165, 1.54) is 12.1 Å². The highest BCUT2D eigenvalue weighted by Gasteiger charge is 2.27. The maximum atomic E-state index is 14.0. The van der Waals surface area contributed by atoms with Crippen molar-refractivity contribution in [3.63, 3.8) is 0 Å². The molecule has 1 N–H and O–H groups in total. The number of nitrogens with zero attached hydrogens (tertiary/aromatic N) is 4. The van der Waals surface area contributed by atoms with Crippen molar-refractivity contribution in [1.82, 2.24) is 25.2 Å². The van der Waals surface area contributed by atoms with E-state index >= 15 is 0 Å². The largest absolute Gasteiger partial charge is 0.348 e. The molecule has 0 bridgehead atoms. The van der Waals surface area contributed by atoms with Gasteiger partial charge < -0.3 is 10.2 Å². The van der Waals surface area contributed by atoms with Gasteiger partial charge in [-0.3, -0.25) is 9.59 Å². The number of carbonyl (C=O) groups excluding carboxylic acids is 2. The molecule has 0 unspecified atom stereocenters. The Morgan fingerprint density at radius 2 is 1.90 bits per heavy atom. The number of aromatic nitrogens is 3. The molecule has 160 valence electrons. The summed E-state index contributed by atoms with van der Waals surface area (Å²) in [6, 6.07) is 4.74. The fraction of sp³-hybridized carbons (Fsp3) is 0.524. The molecule has 9 heteroatoms. The van der Waals surface area contributed by atoms with Crippen LogP contribution in [0, 0.1) is 5.82 Å². The Bertz CT molecular complexity index is 900. The Hall–Kier alpha value is -2.48. The van der Waals surface area contributed by atoms with Crippen molar-refractivity contribution in [3.8, 4) is 0 Å². The molecule has 30 heavy (non-hydrogen) atoms. The number of hydrogen-bond acceptors (Lipinski definition) is 4. The van der Waals surface area contributed by atoms with Crippen LogP contribution in [0.2, 0.25) is 5.02 Å². The minimum absolute atomic E-state index is 0.0506. The van der Waals surface area contributed by atoms with Gasteiger partial charge in [-0.15, -0.1) is 5.10 Å². The van der Waals surface area contributed by atoms with E-state index in [0.29, 0.717) is 31.6 Å². The second-order valence-electron chi connectivity index (χ2n) is 8.03. The standard InChI is InChI=1S/C21H25ClFN5O2/c22-17-6-3-7-18(23)16(17)12-20(29)27-10-8-15(9-11-27)28-13-19(25-26-28)21(30)24-14-4-1-2-5-14/h3,6-7,13-15H,1-2,4-5,8-12H2,(H,24,30). The second kappa shape index (κ2) is 9.12. The number of benzene rings is 1. The minimum atomic E-state index is -0.461. The van der Waals surface area contributed by atoms with Crippen molar-refractivity contribution < 1.29 is 14.0 Å². The van der Waals surface area contributed by atoms with E-state index in [9.17, 15) is 14.0 Å². The summed E-state index contributed by atoms with van der Waals surface area (Å²) < 4.78 is 15.7. The first kappa shape index (κ1) is 20.8. The highest BCUT2D eigenvalue weighted by atomic mass is 35.5. The van der Waals surface area contributed by atoms with Crippen LogP contribution in [0.5, 0.6) is 0 Å². The summed E-state index contributed by atoms with van der Waals surface area (Å²) in [6.45, 7) is 1.08. The lowest BCUT2D eigenvalue weighted by Crippen LogP contribution is -2.40. The molecule has 1 aliphatic carbocycles.